The van der Waals surface area contributed by atoms with E-state index in [1.54, 1.807) is 12.4 Å². The quantitative estimate of drug-likeness (QED) is 0.451. The number of hydrogen-bond acceptors (Lipinski definition) is 4. The van der Waals surface area contributed by atoms with Gasteiger partial charge in [0.2, 0.25) is 5.91 Å². The average molecular weight is 424 g/mol. The molecule has 0 spiro atoms. The fraction of sp³-hybridized carbons (Fsp3) is 0.192. The van der Waals surface area contributed by atoms with Crippen LogP contribution >= 0.6 is 11.3 Å². The number of rotatable bonds is 3. The molecule has 2 heterocycles. The van der Waals surface area contributed by atoms with Crippen LogP contribution in [-0.4, -0.2) is 15.9 Å². The number of thiazole rings is 1. The molecule has 0 unspecified atom stereocenters. The van der Waals surface area contributed by atoms with Crippen molar-refractivity contribution in [2.45, 2.75) is 25.2 Å². The molecule has 152 valence electrons. The fourth-order valence-corrected chi connectivity index (χ4v) is 6.12. The first-order valence-electron chi connectivity index (χ1n) is 10.5. The Hall–Kier alpha value is -3.31. The molecule has 0 aliphatic heterocycles. The Bertz CT molecular complexity index is 1250. The number of carbonyl (C=O) groups is 1. The first-order valence-corrected chi connectivity index (χ1v) is 11.4. The molecule has 2 aromatic carbocycles. The van der Waals surface area contributed by atoms with E-state index in [2.05, 4.69) is 70.7 Å². The second kappa shape index (κ2) is 6.86. The van der Waals surface area contributed by atoms with Crippen molar-refractivity contribution in [1.29, 1.82) is 0 Å². The van der Waals surface area contributed by atoms with Gasteiger partial charge >= 0.3 is 0 Å². The van der Waals surface area contributed by atoms with Crippen LogP contribution in [0.2, 0.25) is 0 Å². The van der Waals surface area contributed by atoms with Gasteiger partial charge in [0.25, 0.3) is 0 Å². The summed E-state index contributed by atoms with van der Waals surface area (Å²) in [6.07, 6.45) is 4.33. The Morgan fingerprint density at radius 2 is 1.68 bits per heavy atom. The average Bonchev–Trinajstić information content (AvgIpc) is 3.28. The first kappa shape index (κ1) is 18.5. The number of benzene rings is 2. The molecule has 3 aliphatic rings. The Kier molecular flexibility index (Phi) is 4.08. The maximum Gasteiger partial charge on any atom is 0.233 e. The van der Waals surface area contributed by atoms with E-state index < -0.39 is 5.41 Å². The summed E-state index contributed by atoms with van der Waals surface area (Å²) in [6, 6.07) is 21.1. The highest BCUT2D eigenvalue weighted by Crippen LogP contribution is 2.61. The molecule has 7 rings (SSSR count). The second-order valence-electron chi connectivity index (χ2n) is 8.60. The predicted octanol–water partition coefficient (Wildman–Crippen LogP) is 5.83. The van der Waals surface area contributed by atoms with E-state index >= 15 is 0 Å². The van der Waals surface area contributed by atoms with E-state index in [1.165, 1.54) is 33.6 Å². The van der Waals surface area contributed by atoms with Crippen molar-refractivity contribution in [3.05, 3.63) is 101 Å². The van der Waals surface area contributed by atoms with E-state index in [1.807, 2.05) is 17.5 Å². The molecule has 0 saturated carbocycles. The van der Waals surface area contributed by atoms with Crippen LogP contribution in [0.1, 0.15) is 47.4 Å². The zero-order valence-corrected chi connectivity index (χ0v) is 17.9. The van der Waals surface area contributed by atoms with Gasteiger partial charge in [-0.15, -0.1) is 11.3 Å². The Morgan fingerprint density at radius 1 is 1.00 bits per heavy atom. The van der Waals surface area contributed by atoms with Gasteiger partial charge in [-0.25, -0.2) is 4.98 Å². The van der Waals surface area contributed by atoms with Crippen LogP contribution in [0, 0.1) is 5.41 Å². The summed E-state index contributed by atoms with van der Waals surface area (Å²) in [7, 11) is 0. The van der Waals surface area contributed by atoms with Crippen LogP contribution in [0.15, 0.2) is 78.4 Å². The van der Waals surface area contributed by atoms with E-state index in [0.29, 0.717) is 5.13 Å². The normalized spacial score (nSPS) is 23.1. The number of carbonyl (C=O) groups excluding carboxylic acids is 1. The lowest BCUT2D eigenvalue weighted by Gasteiger charge is -2.50. The zero-order chi connectivity index (χ0) is 21.0. The molecular weight excluding hydrogens is 402 g/mol. The SMILES string of the molecule is C[C@@]1(C(=O)Nc2nc(-c3cccnc3)cs2)CC2c3ccccc3C1c1ccccc12. The highest BCUT2D eigenvalue weighted by molar-refractivity contribution is 7.14. The topological polar surface area (TPSA) is 54.9 Å². The van der Waals surface area contributed by atoms with Crippen molar-refractivity contribution in [3.8, 4) is 11.3 Å². The molecule has 5 heteroatoms. The van der Waals surface area contributed by atoms with Crippen LogP contribution in [0.25, 0.3) is 11.3 Å². The molecule has 1 N–H and O–H groups in total. The number of pyridine rings is 1. The molecule has 4 nitrogen and oxygen atoms in total. The van der Waals surface area contributed by atoms with Gasteiger partial charge in [0, 0.05) is 35.2 Å². The third-order valence-electron chi connectivity index (χ3n) is 6.83. The Labute approximate surface area is 185 Å². The minimum absolute atomic E-state index is 0.0404. The van der Waals surface area contributed by atoms with Crippen molar-refractivity contribution < 1.29 is 4.79 Å². The van der Waals surface area contributed by atoms with E-state index in [0.717, 1.165) is 17.7 Å². The highest BCUT2D eigenvalue weighted by atomic mass is 32.1. The molecule has 31 heavy (non-hydrogen) atoms. The number of anilines is 1. The third kappa shape index (κ3) is 2.77. The highest BCUT2D eigenvalue weighted by Gasteiger charge is 2.53. The zero-order valence-electron chi connectivity index (χ0n) is 17.1. The summed E-state index contributed by atoms with van der Waals surface area (Å²) in [4.78, 5) is 22.5. The van der Waals surface area contributed by atoms with Crippen LogP contribution < -0.4 is 5.32 Å². The van der Waals surface area contributed by atoms with Gasteiger partial charge in [-0.3, -0.25) is 9.78 Å². The van der Waals surface area contributed by atoms with Gasteiger partial charge in [0.1, 0.15) is 0 Å². The van der Waals surface area contributed by atoms with Gasteiger partial charge in [0.15, 0.2) is 5.13 Å². The second-order valence-corrected chi connectivity index (χ2v) is 9.46. The maximum atomic E-state index is 13.7. The van der Waals surface area contributed by atoms with Crippen molar-refractivity contribution in [2.24, 2.45) is 5.41 Å². The molecule has 4 aromatic rings. The van der Waals surface area contributed by atoms with Crippen LogP contribution in [0.5, 0.6) is 0 Å². The minimum atomic E-state index is -0.534. The maximum absolute atomic E-state index is 13.7. The lowest BCUT2D eigenvalue weighted by Crippen LogP contribution is -2.47. The van der Waals surface area contributed by atoms with E-state index in [4.69, 9.17) is 0 Å². The summed E-state index contributed by atoms with van der Waals surface area (Å²) < 4.78 is 0. The molecular formula is C26H21N3OS. The number of nitrogens with zero attached hydrogens (tertiary/aromatic N) is 2. The first-order chi connectivity index (χ1) is 15.1. The van der Waals surface area contributed by atoms with Crippen molar-refractivity contribution in [1.82, 2.24) is 9.97 Å². The van der Waals surface area contributed by atoms with Crippen molar-refractivity contribution in [3.63, 3.8) is 0 Å². The summed E-state index contributed by atoms with van der Waals surface area (Å²) in [5.41, 5.74) is 6.54. The third-order valence-corrected chi connectivity index (χ3v) is 7.59. The number of aromatic nitrogens is 2. The van der Waals surface area contributed by atoms with E-state index in [9.17, 15) is 4.79 Å². The van der Waals surface area contributed by atoms with Gasteiger partial charge in [-0.05, 0) is 47.7 Å². The number of amides is 1. The molecule has 0 fully saturated rings. The molecule has 1 atom stereocenters. The molecule has 1 amide bonds. The summed E-state index contributed by atoms with van der Waals surface area (Å²) in [6.45, 7) is 2.11. The smallest absolute Gasteiger partial charge is 0.233 e. The molecule has 0 radical (unpaired) electrons. The number of nitrogens with one attached hydrogen (secondary N) is 1. The van der Waals surface area contributed by atoms with Crippen molar-refractivity contribution in [2.75, 3.05) is 5.32 Å². The number of fused-ring (bicyclic) bond motifs is 1. The minimum Gasteiger partial charge on any atom is -0.301 e. The van der Waals surface area contributed by atoms with Gasteiger partial charge in [-0.2, -0.15) is 0 Å². The largest absolute Gasteiger partial charge is 0.301 e. The van der Waals surface area contributed by atoms with Crippen LogP contribution in [0.3, 0.4) is 0 Å². The fourth-order valence-electron chi connectivity index (χ4n) is 5.41. The van der Waals surface area contributed by atoms with Gasteiger partial charge in [-0.1, -0.05) is 48.5 Å². The standard InChI is InChI=1S/C26H21N3OS/c1-26(24(30)29-25-28-22(15-31-25)16-7-6-12-27-14-16)13-21-17-8-2-4-10-19(17)23(26)20-11-5-3-9-18(20)21/h2-12,14-15,21,23H,13H2,1H3,(H,28,29,30)/t21?,23?,26-/m1/s1. The van der Waals surface area contributed by atoms with Crippen LogP contribution in [0.4, 0.5) is 5.13 Å². The molecule has 3 aliphatic carbocycles. The van der Waals surface area contributed by atoms with Crippen molar-refractivity contribution >= 4 is 22.4 Å². The predicted molar refractivity (Wildman–Crippen MR) is 123 cm³/mol. The Morgan fingerprint density at radius 3 is 2.32 bits per heavy atom. The summed E-state index contributed by atoms with van der Waals surface area (Å²) in [5.74, 6) is 0.330. The summed E-state index contributed by atoms with van der Waals surface area (Å²) in [5, 5.41) is 5.73. The van der Waals surface area contributed by atoms with Gasteiger partial charge in [0.05, 0.1) is 11.1 Å². The molecule has 0 saturated heterocycles. The van der Waals surface area contributed by atoms with Gasteiger partial charge < -0.3 is 5.32 Å². The Balaban J connectivity index is 1.36. The summed E-state index contributed by atoms with van der Waals surface area (Å²) >= 11 is 1.46. The number of hydrogen-bond donors (Lipinski definition) is 1. The molecule has 2 aromatic heterocycles. The lowest BCUT2D eigenvalue weighted by atomic mass is 9.52. The monoisotopic (exact) mass is 423 g/mol. The van der Waals surface area contributed by atoms with Crippen LogP contribution in [-0.2, 0) is 4.79 Å². The lowest BCUT2D eigenvalue weighted by molar-refractivity contribution is -0.126. The molecule has 2 bridgehead atoms. The van der Waals surface area contributed by atoms with E-state index in [-0.39, 0.29) is 17.7 Å².